The molecule has 0 unspecified atom stereocenters. The van der Waals surface area contributed by atoms with Crippen molar-refractivity contribution >= 4 is 26.5 Å². The van der Waals surface area contributed by atoms with Crippen molar-refractivity contribution < 1.29 is 13.2 Å². The Bertz CT molecular complexity index is 665. The number of nitrogens with one attached hydrogen (secondary N) is 1. The molecule has 0 aromatic heterocycles. The molecule has 95 valence electrons. The average molecular weight is 264 g/mol. The second kappa shape index (κ2) is 4.86. The largest absolute Gasteiger partial charge is 0.494 e. The lowest BCUT2D eigenvalue weighted by Gasteiger charge is -2.13. The van der Waals surface area contributed by atoms with Crippen LogP contribution in [-0.2, 0) is 10.0 Å². The van der Waals surface area contributed by atoms with Crippen molar-refractivity contribution in [3.8, 4) is 5.75 Å². The van der Waals surface area contributed by atoms with E-state index in [1.807, 2.05) is 18.2 Å². The van der Waals surface area contributed by atoms with Crippen molar-refractivity contribution in [3.63, 3.8) is 0 Å². The predicted octanol–water partition coefficient (Wildman–Crippen LogP) is 2.41. The SMILES string of the molecule is CCS(=O)(=O)Nc1ccc2[c]cccc2c1OC. The molecule has 0 amide bonds. The van der Waals surface area contributed by atoms with E-state index < -0.39 is 10.0 Å². The van der Waals surface area contributed by atoms with Crippen molar-refractivity contribution in [1.29, 1.82) is 0 Å². The van der Waals surface area contributed by atoms with E-state index in [0.29, 0.717) is 11.4 Å². The lowest BCUT2D eigenvalue weighted by Crippen LogP contribution is -2.15. The van der Waals surface area contributed by atoms with Gasteiger partial charge in [0.15, 0.2) is 5.75 Å². The van der Waals surface area contributed by atoms with Crippen LogP contribution in [0.1, 0.15) is 6.92 Å². The van der Waals surface area contributed by atoms with Crippen molar-refractivity contribution in [3.05, 3.63) is 36.4 Å². The van der Waals surface area contributed by atoms with E-state index in [9.17, 15) is 8.42 Å². The molecule has 0 aliphatic rings. The van der Waals surface area contributed by atoms with Gasteiger partial charge in [0.25, 0.3) is 0 Å². The van der Waals surface area contributed by atoms with Gasteiger partial charge in [-0.25, -0.2) is 8.42 Å². The minimum Gasteiger partial charge on any atom is -0.494 e. The van der Waals surface area contributed by atoms with Crippen molar-refractivity contribution in [1.82, 2.24) is 0 Å². The van der Waals surface area contributed by atoms with E-state index in [4.69, 9.17) is 4.74 Å². The minimum absolute atomic E-state index is 0.0229. The fourth-order valence-corrected chi connectivity index (χ4v) is 2.35. The van der Waals surface area contributed by atoms with Crippen LogP contribution in [0.25, 0.3) is 10.8 Å². The van der Waals surface area contributed by atoms with Gasteiger partial charge in [-0.15, -0.1) is 0 Å². The summed E-state index contributed by atoms with van der Waals surface area (Å²) in [6.45, 7) is 1.59. The predicted molar refractivity (Wildman–Crippen MR) is 72.4 cm³/mol. The summed E-state index contributed by atoms with van der Waals surface area (Å²) in [6.07, 6.45) is 0. The third kappa shape index (κ3) is 2.41. The van der Waals surface area contributed by atoms with Gasteiger partial charge in [0.1, 0.15) is 0 Å². The first-order valence-corrected chi connectivity index (χ1v) is 7.20. The second-order valence-electron chi connectivity index (χ2n) is 3.78. The van der Waals surface area contributed by atoms with Gasteiger partial charge in [0, 0.05) is 5.39 Å². The zero-order valence-corrected chi connectivity index (χ0v) is 11.0. The highest BCUT2D eigenvalue weighted by molar-refractivity contribution is 7.92. The van der Waals surface area contributed by atoms with Crippen LogP contribution in [0.2, 0.25) is 0 Å². The summed E-state index contributed by atoms with van der Waals surface area (Å²) < 4.78 is 31.0. The Hall–Kier alpha value is -1.75. The van der Waals surface area contributed by atoms with Gasteiger partial charge in [-0.2, -0.15) is 0 Å². The molecule has 2 aromatic carbocycles. The van der Waals surface area contributed by atoms with E-state index >= 15 is 0 Å². The highest BCUT2D eigenvalue weighted by Gasteiger charge is 2.13. The number of fused-ring (bicyclic) bond motifs is 1. The van der Waals surface area contributed by atoms with Crippen LogP contribution in [0.3, 0.4) is 0 Å². The molecule has 0 saturated heterocycles. The summed E-state index contributed by atoms with van der Waals surface area (Å²) in [6, 6.07) is 12.1. The minimum atomic E-state index is -3.31. The van der Waals surface area contributed by atoms with E-state index in [1.165, 1.54) is 7.11 Å². The highest BCUT2D eigenvalue weighted by atomic mass is 32.2. The van der Waals surface area contributed by atoms with E-state index in [1.54, 1.807) is 19.1 Å². The molecule has 1 radical (unpaired) electrons. The lowest BCUT2D eigenvalue weighted by molar-refractivity contribution is 0.422. The standard InChI is InChI=1S/C13H14NO3S/c1-3-18(15,16)14-12-9-8-10-6-4-5-7-11(10)13(12)17-2/h4-5,7-9,14H,3H2,1-2H3. The third-order valence-corrected chi connectivity index (χ3v) is 3.93. The van der Waals surface area contributed by atoms with Crippen LogP contribution < -0.4 is 9.46 Å². The van der Waals surface area contributed by atoms with Crippen molar-refractivity contribution in [2.24, 2.45) is 0 Å². The third-order valence-electron chi connectivity index (χ3n) is 2.64. The first kappa shape index (κ1) is 12.7. The quantitative estimate of drug-likeness (QED) is 0.922. The van der Waals surface area contributed by atoms with Gasteiger partial charge < -0.3 is 4.74 Å². The Balaban J connectivity index is 2.58. The van der Waals surface area contributed by atoms with E-state index in [2.05, 4.69) is 10.8 Å². The van der Waals surface area contributed by atoms with Crippen LogP contribution in [-0.4, -0.2) is 21.3 Å². The normalized spacial score (nSPS) is 11.4. The van der Waals surface area contributed by atoms with Gasteiger partial charge in [-0.3, -0.25) is 4.72 Å². The van der Waals surface area contributed by atoms with Gasteiger partial charge in [0.2, 0.25) is 10.0 Å². The molecule has 0 heterocycles. The molecule has 18 heavy (non-hydrogen) atoms. The molecule has 4 nitrogen and oxygen atoms in total. The summed E-state index contributed by atoms with van der Waals surface area (Å²) >= 11 is 0. The number of ether oxygens (including phenoxy) is 1. The summed E-state index contributed by atoms with van der Waals surface area (Å²) in [5.74, 6) is 0.538. The summed E-state index contributed by atoms with van der Waals surface area (Å²) in [7, 11) is -1.79. The molecule has 0 aliphatic heterocycles. The number of methoxy groups -OCH3 is 1. The fourth-order valence-electron chi connectivity index (χ4n) is 1.71. The molecule has 0 atom stereocenters. The maximum Gasteiger partial charge on any atom is 0.232 e. The molecule has 0 spiro atoms. The fraction of sp³-hybridized carbons (Fsp3) is 0.231. The zero-order valence-electron chi connectivity index (χ0n) is 10.2. The molecular weight excluding hydrogens is 250 g/mol. The van der Waals surface area contributed by atoms with Crippen molar-refractivity contribution in [2.75, 3.05) is 17.6 Å². The van der Waals surface area contributed by atoms with Gasteiger partial charge in [-0.05, 0) is 24.4 Å². The first-order valence-electron chi connectivity index (χ1n) is 5.55. The molecule has 0 fully saturated rings. The van der Waals surface area contributed by atoms with Crippen LogP contribution in [0, 0.1) is 6.07 Å². The van der Waals surface area contributed by atoms with Gasteiger partial charge in [0.05, 0.1) is 18.6 Å². The number of hydrogen-bond donors (Lipinski definition) is 1. The smallest absolute Gasteiger partial charge is 0.232 e. The van der Waals surface area contributed by atoms with Gasteiger partial charge in [-0.1, -0.05) is 24.3 Å². The summed E-state index contributed by atoms with van der Waals surface area (Å²) in [4.78, 5) is 0. The Labute approximate surface area is 107 Å². The van der Waals surface area contributed by atoms with Gasteiger partial charge >= 0.3 is 0 Å². The number of anilines is 1. The Kier molecular flexibility index (Phi) is 3.43. The molecule has 0 aliphatic carbocycles. The summed E-state index contributed by atoms with van der Waals surface area (Å²) in [5, 5.41) is 1.71. The molecule has 2 aromatic rings. The number of rotatable bonds is 4. The van der Waals surface area contributed by atoms with Crippen LogP contribution >= 0.6 is 0 Å². The zero-order chi connectivity index (χ0) is 13.2. The Morgan fingerprint density at radius 3 is 2.78 bits per heavy atom. The van der Waals surface area contributed by atoms with Crippen molar-refractivity contribution in [2.45, 2.75) is 6.92 Å². The maximum atomic E-state index is 11.6. The Morgan fingerprint density at radius 1 is 1.33 bits per heavy atom. The average Bonchev–Trinajstić information content (AvgIpc) is 2.38. The molecule has 0 bridgehead atoms. The van der Waals surface area contributed by atoms with Crippen LogP contribution in [0.15, 0.2) is 30.3 Å². The van der Waals surface area contributed by atoms with E-state index in [0.717, 1.165) is 10.8 Å². The molecule has 2 rings (SSSR count). The molecule has 1 N–H and O–H groups in total. The van der Waals surface area contributed by atoms with Crippen LogP contribution in [0.5, 0.6) is 5.75 Å². The number of hydrogen-bond acceptors (Lipinski definition) is 3. The molecule has 0 saturated carbocycles. The second-order valence-corrected chi connectivity index (χ2v) is 5.79. The van der Waals surface area contributed by atoms with Crippen LogP contribution in [0.4, 0.5) is 5.69 Å². The molecule has 5 heteroatoms. The highest BCUT2D eigenvalue weighted by Crippen LogP contribution is 2.33. The maximum absolute atomic E-state index is 11.6. The van der Waals surface area contributed by atoms with E-state index in [-0.39, 0.29) is 5.75 Å². The monoisotopic (exact) mass is 264 g/mol. The first-order chi connectivity index (χ1) is 8.57. The number of benzene rings is 2. The topological polar surface area (TPSA) is 55.4 Å². The summed E-state index contributed by atoms with van der Waals surface area (Å²) in [5.41, 5.74) is 0.450. The Morgan fingerprint density at radius 2 is 2.11 bits per heavy atom. The number of sulfonamides is 1. The molecular formula is C13H14NO3S. The lowest BCUT2D eigenvalue weighted by atomic mass is 10.1.